The molecule has 0 radical (unpaired) electrons. The standard InChI is InChI=1S/C21H25N3O6S/c1-13(2)19(21(28)22-15(12-18(25)26)10-11-31(3,29)30)24-20(27)17-9-8-14-6-4-5-7-16(14)23-17/h4-11,13,15,19H,12H2,1-3H3,(H,22,28)(H,24,27)(H,25,26)/t15-,19-/m1/s1. The number of carbonyl (C=O) groups excluding carboxylic acids is 2. The number of hydrogen-bond acceptors (Lipinski definition) is 6. The third-order valence-corrected chi connectivity index (χ3v) is 5.00. The summed E-state index contributed by atoms with van der Waals surface area (Å²) < 4.78 is 22.7. The Morgan fingerprint density at radius 2 is 1.77 bits per heavy atom. The van der Waals surface area contributed by atoms with Gasteiger partial charge in [0.1, 0.15) is 11.7 Å². The summed E-state index contributed by atoms with van der Waals surface area (Å²) in [6.45, 7) is 3.44. The van der Waals surface area contributed by atoms with Crippen LogP contribution in [0.1, 0.15) is 30.8 Å². The van der Waals surface area contributed by atoms with Crippen LogP contribution in [0, 0.1) is 5.92 Å². The first-order valence-corrected chi connectivity index (χ1v) is 11.5. The first-order chi connectivity index (χ1) is 14.5. The fourth-order valence-corrected chi connectivity index (χ4v) is 3.28. The Kier molecular flexibility index (Phi) is 7.87. The summed E-state index contributed by atoms with van der Waals surface area (Å²) in [5.74, 6) is -2.72. The zero-order valence-corrected chi connectivity index (χ0v) is 18.2. The van der Waals surface area contributed by atoms with Gasteiger partial charge in [-0.2, -0.15) is 0 Å². The van der Waals surface area contributed by atoms with E-state index in [-0.39, 0.29) is 11.6 Å². The van der Waals surface area contributed by atoms with Crippen LogP contribution >= 0.6 is 0 Å². The van der Waals surface area contributed by atoms with E-state index < -0.39 is 46.1 Å². The molecule has 0 fully saturated rings. The molecule has 0 spiro atoms. The predicted molar refractivity (Wildman–Crippen MR) is 116 cm³/mol. The highest BCUT2D eigenvalue weighted by molar-refractivity contribution is 7.93. The second-order valence-electron chi connectivity index (χ2n) is 7.46. The number of benzene rings is 1. The molecule has 0 unspecified atom stereocenters. The van der Waals surface area contributed by atoms with Gasteiger partial charge in [0.05, 0.1) is 18.0 Å². The number of carboxylic acids is 1. The minimum absolute atomic E-state index is 0.135. The van der Waals surface area contributed by atoms with E-state index in [0.717, 1.165) is 23.1 Å². The average Bonchev–Trinajstić information content (AvgIpc) is 2.68. The van der Waals surface area contributed by atoms with Crippen LogP contribution in [0.2, 0.25) is 0 Å². The molecule has 0 saturated heterocycles. The highest BCUT2D eigenvalue weighted by Crippen LogP contribution is 2.12. The van der Waals surface area contributed by atoms with Gasteiger partial charge in [0.25, 0.3) is 5.91 Å². The van der Waals surface area contributed by atoms with Crippen molar-refractivity contribution in [1.29, 1.82) is 0 Å². The first kappa shape index (κ1) is 24.0. The van der Waals surface area contributed by atoms with Gasteiger partial charge in [0, 0.05) is 17.1 Å². The van der Waals surface area contributed by atoms with Crippen LogP contribution in [-0.2, 0) is 19.4 Å². The maximum absolute atomic E-state index is 12.8. The molecule has 2 aromatic rings. The van der Waals surface area contributed by atoms with Crippen LogP contribution in [-0.4, -0.2) is 54.6 Å². The molecule has 0 saturated carbocycles. The van der Waals surface area contributed by atoms with Crippen LogP contribution in [0.5, 0.6) is 0 Å². The maximum atomic E-state index is 12.8. The van der Waals surface area contributed by atoms with Gasteiger partial charge in [-0.15, -0.1) is 0 Å². The zero-order chi connectivity index (χ0) is 23.2. The molecule has 2 rings (SSSR count). The lowest BCUT2D eigenvalue weighted by atomic mass is 10.0. The van der Waals surface area contributed by atoms with E-state index in [1.807, 2.05) is 12.1 Å². The largest absolute Gasteiger partial charge is 0.481 e. The lowest BCUT2D eigenvalue weighted by Crippen LogP contribution is -2.52. The summed E-state index contributed by atoms with van der Waals surface area (Å²) in [6.07, 6.45) is 1.55. The number of sulfone groups is 1. The van der Waals surface area contributed by atoms with Crippen molar-refractivity contribution < 1.29 is 27.9 Å². The van der Waals surface area contributed by atoms with Crippen molar-refractivity contribution in [3.63, 3.8) is 0 Å². The summed E-state index contributed by atoms with van der Waals surface area (Å²) in [7, 11) is -3.50. The Hall–Kier alpha value is -3.27. The summed E-state index contributed by atoms with van der Waals surface area (Å²) in [5, 5.41) is 15.9. The van der Waals surface area contributed by atoms with E-state index >= 15 is 0 Å². The van der Waals surface area contributed by atoms with E-state index in [4.69, 9.17) is 5.11 Å². The Bertz CT molecular complexity index is 1110. The third-order valence-electron chi connectivity index (χ3n) is 4.35. The summed E-state index contributed by atoms with van der Waals surface area (Å²) in [6, 6.07) is 8.54. The molecular weight excluding hydrogens is 422 g/mol. The Morgan fingerprint density at radius 3 is 2.39 bits per heavy atom. The highest BCUT2D eigenvalue weighted by atomic mass is 32.2. The van der Waals surface area contributed by atoms with E-state index in [0.29, 0.717) is 5.52 Å². The fourth-order valence-electron chi connectivity index (χ4n) is 2.81. The van der Waals surface area contributed by atoms with Gasteiger partial charge in [0.15, 0.2) is 9.84 Å². The predicted octanol–water partition coefficient (Wildman–Crippen LogP) is 1.51. The zero-order valence-electron chi connectivity index (χ0n) is 17.4. The van der Waals surface area contributed by atoms with Gasteiger partial charge in [0.2, 0.25) is 5.91 Å². The number of carbonyl (C=O) groups is 3. The molecule has 2 amide bonds. The number of hydrogen-bond donors (Lipinski definition) is 3. The van der Waals surface area contributed by atoms with Crippen LogP contribution in [0.25, 0.3) is 10.9 Å². The van der Waals surface area contributed by atoms with Crippen molar-refractivity contribution in [3.8, 4) is 0 Å². The van der Waals surface area contributed by atoms with Crippen molar-refractivity contribution in [1.82, 2.24) is 15.6 Å². The molecule has 0 aliphatic carbocycles. The summed E-state index contributed by atoms with van der Waals surface area (Å²) in [4.78, 5) is 40.8. The Morgan fingerprint density at radius 1 is 1.10 bits per heavy atom. The second kappa shape index (κ2) is 10.2. The topological polar surface area (TPSA) is 143 Å². The van der Waals surface area contributed by atoms with E-state index in [1.54, 1.807) is 38.1 Å². The van der Waals surface area contributed by atoms with E-state index in [2.05, 4.69) is 15.6 Å². The van der Waals surface area contributed by atoms with Gasteiger partial charge < -0.3 is 15.7 Å². The van der Waals surface area contributed by atoms with Crippen LogP contribution in [0.3, 0.4) is 0 Å². The van der Waals surface area contributed by atoms with Crippen LogP contribution in [0.4, 0.5) is 0 Å². The minimum Gasteiger partial charge on any atom is -0.481 e. The fraction of sp³-hybridized carbons (Fsp3) is 0.333. The minimum atomic E-state index is -3.50. The van der Waals surface area contributed by atoms with Crippen molar-refractivity contribution >= 4 is 38.5 Å². The number of carboxylic acid groups (broad SMARTS) is 1. The molecule has 1 aromatic carbocycles. The second-order valence-corrected chi connectivity index (χ2v) is 9.39. The average molecular weight is 448 g/mol. The van der Waals surface area contributed by atoms with Crippen molar-refractivity contribution in [2.45, 2.75) is 32.4 Å². The number of amides is 2. The number of para-hydroxylation sites is 1. The van der Waals surface area contributed by atoms with E-state index in [9.17, 15) is 22.8 Å². The number of fused-ring (bicyclic) bond motifs is 1. The van der Waals surface area contributed by atoms with Gasteiger partial charge in [-0.3, -0.25) is 14.4 Å². The van der Waals surface area contributed by atoms with Crippen molar-refractivity contribution in [2.24, 2.45) is 5.92 Å². The summed E-state index contributed by atoms with van der Waals surface area (Å²) >= 11 is 0. The van der Waals surface area contributed by atoms with Crippen molar-refractivity contribution in [3.05, 3.63) is 53.6 Å². The Labute approximate surface area is 180 Å². The number of pyridine rings is 1. The molecule has 0 aliphatic heterocycles. The maximum Gasteiger partial charge on any atom is 0.305 e. The lowest BCUT2D eigenvalue weighted by Gasteiger charge is -2.24. The van der Waals surface area contributed by atoms with Crippen LogP contribution < -0.4 is 10.6 Å². The molecule has 1 heterocycles. The Balaban J connectivity index is 2.18. The highest BCUT2D eigenvalue weighted by Gasteiger charge is 2.27. The van der Waals surface area contributed by atoms with Gasteiger partial charge in [-0.1, -0.05) is 44.2 Å². The number of rotatable bonds is 9. The third kappa shape index (κ3) is 7.49. The first-order valence-electron chi connectivity index (χ1n) is 9.53. The molecule has 3 N–H and O–H groups in total. The lowest BCUT2D eigenvalue weighted by molar-refractivity contribution is -0.137. The van der Waals surface area contributed by atoms with E-state index in [1.165, 1.54) is 0 Å². The smallest absolute Gasteiger partial charge is 0.305 e. The molecule has 2 atom stereocenters. The number of nitrogens with one attached hydrogen (secondary N) is 2. The number of nitrogens with zero attached hydrogens (tertiary/aromatic N) is 1. The molecule has 31 heavy (non-hydrogen) atoms. The van der Waals surface area contributed by atoms with Gasteiger partial charge >= 0.3 is 5.97 Å². The van der Waals surface area contributed by atoms with Crippen molar-refractivity contribution in [2.75, 3.05) is 6.26 Å². The summed E-state index contributed by atoms with van der Waals surface area (Å²) in [5.41, 5.74) is 0.768. The number of aliphatic carboxylic acids is 1. The molecule has 0 aliphatic rings. The molecule has 10 heteroatoms. The van der Waals surface area contributed by atoms with Gasteiger partial charge in [-0.25, -0.2) is 13.4 Å². The monoisotopic (exact) mass is 447 g/mol. The number of aromatic nitrogens is 1. The molecule has 166 valence electrons. The quantitative estimate of drug-likeness (QED) is 0.529. The van der Waals surface area contributed by atoms with Crippen LogP contribution in [0.15, 0.2) is 47.9 Å². The normalized spacial score (nSPS) is 13.8. The molecular formula is C21H25N3O6S. The molecule has 9 nitrogen and oxygen atoms in total. The SMILES string of the molecule is CC(C)[C@@H](NC(=O)c1ccc2ccccc2n1)C(=O)N[C@H](C=CS(C)(=O)=O)CC(=O)O. The molecule has 0 bridgehead atoms. The van der Waals surface area contributed by atoms with Gasteiger partial charge in [-0.05, 0) is 18.1 Å². The molecule has 1 aromatic heterocycles.